The van der Waals surface area contributed by atoms with Crippen molar-refractivity contribution in [3.05, 3.63) is 48.5 Å². The van der Waals surface area contributed by atoms with E-state index >= 15 is 0 Å². The van der Waals surface area contributed by atoms with Crippen LogP contribution >= 0.6 is 0 Å². The number of pyridine rings is 2. The van der Waals surface area contributed by atoms with Gasteiger partial charge in [0.1, 0.15) is 11.8 Å². The summed E-state index contributed by atoms with van der Waals surface area (Å²) < 4.78 is 25.9. The van der Waals surface area contributed by atoms with E-state index in [1.165, 1.54) is 0 Å². The third kappa shape index (κ3) is 5.24. The molecule has 24 heavy (non-hydrogen) atoms. The van der Waals surface area contributed by atoms with Crippen LogP contribution in [0.1, 0.15) is 5.69 Å². The zero-order valence-corrected chi connectivity index (χ0v) is 13.3. The molecule has 0 saturated carbocycles. The average molecular weight is 344 g/mol. The van der Waals surface area contributed by atoms with E-state index in [9.17, 15) is 8.42 Å². The SMILES string of the molecule is CS(=O)(=O)O.N#Cc1cc(-c2n[nH]c(-c3ccncc3)n2)ccn1. The first-order chi connectivity index (χ1) is 11.4. The van der Waals surface area contributed by atoms with Gasteiger partial charge in [-0.05, 0) is 24.3 Å². The molecule has 0 aliphatic rings. The lowest BCUT2D eigenvalue weighted by Gasteiger charge is -1.94. The number of nitrogens with one attached hydrogen (secondary N) is 1. The Morgan fingerprint density at radius 2 is 1.79 bits per heavy atom. The first-order valence-electron chi connectivity index (χ1n) is 6.48. The summed E-state index contributed by atoms with van der Waals surface area (Å²) in [6, 6.07) is 9.10. The molecule has 0 aliphatic carbocycles. The van der Waals surface area contributed by atoms with Crippen LogP contribution in [0.4, 0.5) is 0 Å². The van der Waals surface area contributed by atoms with Crippen LogP contribution in [0.25, 0.3) is 22.8 Å². The Kier molecular flexibility index (Phi) is 5.31. The summed E-state index contributed by atoms with van der Waals surface area (Å²) >= 11 is 0. The second-order valence-electron chi connectivity index (χ2n) is 4.52. The summed E-state index contributed by atoms with van der Waals surface area (Å²) in [6.07, 6.45) is 5.67. The monoisotopic (exact) mass is 344 g/mol. The summed E-state index contributed by atoms with van der Waals surface area (Å²) in [4.78, 5) is 12.3. The highest BCUT2D eigenvalue weighted by atomic mass is 32.2. The lowest BCUT2D eigenvalue weighted by molar-refractivity contribution is 0.490. The molecular formula is C14H12N6O3S. The molecule has 0 unspecified atom stereocenters. The molecule has 10 heteroatoms. The summed E-state index contributed by atoms with van der Waals surface area (Å²) in [7, 11) is -3.67. The van der Waals surface area contributed by atoms with Crippen molar-refractivity contribution < 1.29 is 13.0 Å². The second-order valence-corrected chi connectivity index (χ2v) is 5.98. The van der Waals surface area contributed by atoms with Gasteiger partial charge in [-0.15, -0.1) is 0 Å². The van der Waals surface area contributed by atoms with Crippen molar-refractivity contribution >= 4 is 10.1 Å². The Hall–Kier alpha value is -3.16. The first kappa shape index (κ1) is 17.2. The highest BCUT2D eigenvalue weighted by molar-refractivity contribution is 7.85. The minimum Gasteiger partial charge on any atom is -0.286 e. The van der Waals surface area contributed by atoms with Crippen LogP contribution < -0.4 is 0 Å². The molecule has 3 heterocycles. The van der Waals surface area contributed by atoms with E-state index in [1.807, 2.05) is 18.2 Å². The number of aromatic amines is 1. The van der Waals surface area contributed by atoms with E-state index in [4.69, 9.17) is 9.81 Å². The standard InChI is InChI=1S/C13H8N6.CH4O3S/c14-8-11-7-10(3-6-16-11)13-17-12(18-19-13)9-1-4-15-5-2-9;1-5(2,3)4/h1-7H,(H,17,18,19);1H3,(H,2,3,4). The number of hydrogen-bond donors (Lipinski definition) is 2. The maximum absolute atomic E-state index is 9.19. The Morgan fingerprint density at radius 3 is 2.42 bits per heavy atom. The summed E-state index contributed by atoms with van der Waals surface area (Å²) in [5, 5.41) is 15.8. The van der Waals surface area contributed by atoms with Gasteiger partial charge in [-0.3, -0.25) is 14.6 Å². The topological polar surface area (TPSA) is 146 Å². The summed E-state index contributed by atoms with van der Waals surface area (Å²) in [6.45, 7) is 0. The van der Waals surface area contributed by atoms with Gasteiger partial charge in [-0.1, -0.05) is 0 Å². The zero-order chi connectivity index (χ0) is 17.6. The number of aromatic nitrogens is 5. The van der Waals surface area contributed by atoms with Gasteiger partial charge >= 0.3 is 0 Å². The number of rotatable bonds is 2. The molecule has 3 rings (SSSR count). The quantitative estimate of drug-likeness (QED) is 0.661. The van der Waals surface area contributed by atoms with Crippen molar-refractivity contribution in [3.8, 4) is 28.8 Å². The molecule has 9 nitrogen and oxygen atoms in total. The molecule has 0 fully saturated rings. The van der Waals surface area contributed by atoms with Crippen LogP contribution in [-0.2, 0) is 10.1 Å². The predicted molar refractivity (Wildman–Crippen MR) is 85.0 cm³/mol. The van der Waals surface area contributed by atoms with E-state index in [-0.39, 0.29) is 0 Å². The molecule has 3 aromatic heterocycles. The summed E-state index contributed by atoms with van der Waals surface area (Å²) in [5.74, 6) is 1.19. The van der Waals surface area contributed by atoms with E-state index < -0.39 is 10.1 Å². The van der Waals surface area contributed by atoms with Crippen molar-refractivity contribution in [2.75, 3.05) is 6.26 Å². The fraction of sp³-hybridized carbons (Fsp3) is 0.0714. The van der Waals surface area contributed by atoms with E-state index in [0.29, 0.717) is 23.6 Å². The van der Waals surface area contributed by atoms with Gasteiger partial charge in [0.15, 0.2) is 11.6 Å². The molecule has 0 amide bonds. The molecule has 0 saturated heterocycles. The maximum atomic E-state index is 9.19. The van der Waals surface area contributed by atoms with E-state index in [2.05, 4.69) is 25.1 Å². The fourth-order valence-corrected chi connectivity index (χ4v) is 1.66. The molecule has 0 aromatic carbocycles. The van der Waals surface area contributed by atoms with Gasteiger partial charge in [0.2, 0.25) is 0 Å². The molecule has 3 aromatic rings. The third-order valence-corrected chi connectivity index (χ3v) is 2.57. The van der Waals surface area contributed by atoms with Crippen molar-refractivity contribution in [3.63, 3.8) is 0 Å². The van der Waals surface area contributed by atoms with Crippen molar-refractivity contribution in [2.45, 2.75) is 0 Å². The fourth-order valence-electron chi connectivity index (χ4n) is 1.66. The largest absolute Gasteiger partial charge is 0.286 e. The smallest absolute Gasteiger partial charge is 0.261 e. The molecule has 122 valence electrons. The minimum absolute atomic E-state index is 0.341. The average Bonchev–Trinajstić information content (AvgIpc) is 3.04. The van der Waals surface area contributed by atoms with Gasteiger partial charge in [0, 0.05) is 29.7 Å². The van der Waals surface area contributed by atoms with E-state index in [1.54, 1.807) is 30.7 Å². The predicted octanol–water partition coefficient (Wildman–Crippen LogP) is 1.30. The van der Waals surface area contributed by atoms with Gasteiger partial charge < -0.3 is 0 Å². The highest BCUT2D eigenvalue weighted by Gasteiger charge is 2.08. The number of nitrogens with zero attached hydrogens (tertiary/aromatic N) is 5. The van der Waals surface area contributed by atoms with Crippen LogP contribution in [0, 0.1) is 11.3 Å². The highest BCUT2D eigenvalue weighted by Crippen LogP contribution is 2.19. The third-order valence-electron chi connectivity index (χ3n) is 2.57. The molecular weight excluding hydrogens is 332 g/mol. The zero-order valence-electron chi connectivity index (χ0n) is 12.4. The molecule has 0 spiro atoms. The van der Waals surface area contributed by atoms with E-state index in [0.717, 1.165) is 11.1 Å². The second kappa shape index (κ2) is 7.40. The molecule has 0 radical (unpaired) electrons. The molecule has 0 bridgehead atoms. The molecule has 0 atom stereocenters. The van der Waals surface area contributed by atoms with Crippen molar-refractivity contribution in [2.24, 2.45) is 0 Å². The van der Waals surface area contributed by atoms with Crippen LogP contribution in [0.2, 0.25) is 0 Å². The summed E-state index contributed by atoms with van der Waals surface area (Å²) in [5.41, 5.74) is 2.00. The minimum atomic E-state index is -3.67. The van der Waals surface area contributed by atoms with Gasteiger partial charge in [-0.25, -0.2) is 9.97 Å². The van der Waals surface area contributed by atoms with Crippen LogP contribution in [0.5, 0.6) is 0 Å². The van der Waals surface area contributed by atoms with Gasteiger partial charge in [0.25, 0.3) is 10.1 Å². The van der Waals surface area contributed by atoms with Crippen LogP contribution in [0.3, 0.4) is 0 Å². The Balaban J connectivity index is 0.000000368. The van der Waals surface area contributed by atoms with Crippen molar-refractivity contribution in [1.29, 1.82) is 5.26 Å². The Morgan fingerprint density at radius 1 is 1.17 bits per heavy atom. The molecule has 2 N–H and O–H groups in total. The van der Waals surface area contributed by atoms with Crippen molar-refractivity contribution in [1.82, 2.24) is 25.1 Å². The normalized spacial score (nSPS) is 10.4. The number of H-pyrrole nitrogens is 1. The lowest BCUT2D eigenvalue weighted by atomic mass is 10.2. The Labute approximate surface area is 137 Å². The Bertz CT molecular complexity index is 955. The van der Waals surface area contributed by atoms with Crippen LogP contribution in [0.15, 0.2) is 42.9 Å². The number of nitriles is 1. The maximum Gasteiger partial charge on any atom is 0.261 e. The van der Waals surface area contributed by atoms with Gasteiger partial charge in [-0.2, -0.15) is 18.8 Å². The lowest BCUT2D eigenvalue weighted by Crippen LogP contribution is -1.88. The van der Waals surface area contributed by atoms with Gasteiger partial charge in [0.05, 0.1) is 6.26 Å². The van der Waals surface area contributed by atoms with Crippen LogP contribution in [-0.4, -0.2) is 44.4 Å². The first-order valence-corrected chi connectivity index (χ1v) is 8.33. The number of hydrogen-bond acceptors (Lipinski definition) is 7. The molecule has 0 aliphatic heterocycles.